The van der Waals surface area contributed by atoms with Crippen molar-refractivity contribution in [2.45, 2.75) is 18.9 Å². The van der Waals surface area contributed by atoms with Gasteiger partial charge in [0.2, 0.25) is 5.91 Å². The van der Waals surface area contributed by atoms with Crippen LogP contribution in [0.2, 0.25) is 0 Å². The third kappa shape index (κ3) is 3.12. The van der Waals surface area contributed by atoms with Crippen LogP contribution in [0.25, 0.3) is 0 Å². The molecule has 1 aliphatic rings. The lowest BCUT2D eigenvalue weighted by atomic mass is 10.1. The van der Waals surface area contributed by atoms with E-state index in [0.29, 0.717) is 24.4 Å². The minimum atomic E-state index is -0.491. The van der Waals surface area contributed by atoms with Gasteiger partial charge in [0, 0.05) is 24.4 Å². The van der Waals surface area contributed by atoms with E-state index >= 15 is 0 Å². The van der Waals surface area contributed by atoms with E-state index in [1.807, 2.05) is 0 Å². The number of nitro groups is 1. The Bertz CT molecular complexity index is 504. The quantitative estimate of drug-likeness (QED) is 0.632. The Morgan fingerprint density at radius 1 is 1.47 bits per heavy atom. The summed E-state index contributed by atoms with van der Waals surface area (Å²) in [6, 6.07) is 4.01. The largest absolute Gasteiger partial charge is 0.496 e. The number of nitro benzene ring substituents is 1. The predicted molar refractivity (Wildman–Crippen MR) is 69.3 cm³/mol. The summed E-state index contributed by atoms with van der Waals surface area (Å²) in [6.07, 6.45) is 1.59. The summed E-state index contributed by atoms with van der Waals surface area (Å²) >= 11 is 0. The van der Waals surface area contributed by atoms with Gasteiger partial charge >= 0.3 is 0 Å². The monoisotopic (exact) mass is 265 g/mol. The molecule has 1 atom stereocenters. The smallest absolute Gasteiger partial charge is 0.275 e. The Kier molecular flexibility index (Phi) is 3.84. The number of piperidine rings is 1. The van der Waals surface area contributed by atoms with Crippen molar-refractivity contribution in [3.8, 4) is 5.75 Å². The van der Waals surface area contributed by atoms with Gasteiger partial charge in [-0.2, -0.15) is 0 Å². The fourth-order valence-electron chi connectivity index (χ4n) is 2.00. The van der Waals surface area contributed by atoms with Crippen molar-refractivity contribution in [2.24, 2.45) is 0 Å². The van der Waals surface area contributed by atoms with E-state index < -0.39 is 4.92 Å². The molecular formula is C12H15N3O4. The molecule has 0 saturated carbocycles. The number of hydrogen-bond acceptors (Lipinski definition) is 5. The second-order valence-electron chi connectivity index (χ2n) is 4.31. The number of hydrogen-bond donors (Lipinski definition) is 2. The van der Waals surface area contributed by atoms with Crippen LogP contribution < -0.4 is 15.4 Å². The number of anilines is 1. The number of amides is 1. The highest BCUT2D eigenvalue weighted by Gasteiger charge is 2.22. The minimum Gasteiger partial charge on any atom is -0.496 e. The number of methoxy groups -OCH3 is 1. The highest BCUT2D eigenvalue weighted by Crippen LogP contribution is 2.26. The fourth-order valence-corrected chi connectivity index (χ4v) is 2.00. The first-order valence-electron chi connectivity index (χ1n) is 5.98. The maximum Gasteiger partial charge on any atom is 0.275 e. The average Bonchev–Trinajstić information content (AvgIpc) is 2.41. The Morgan fingerprint density at radius 2 is 2.26 bits per heavy atom. The number of ether oxygens (including phenoxy) is 1. The summed E-state index contributed by atoms with van der Waals surface area (Å²) in [7, 11) is 1.44. The Labute approximate surface area is 110 Å². The summed E-state index contributed by atoms with van der Waals surface area (Å²) in [5.74, 6) is 0.296. The third-order valence-corrected chi connectivity index (χ3v) is 2.96. The standard InChI is InChI=1S/C12H15N3O4/c1-19-10-6-8(5-9(7-10)15(17)18)14-11-3-2-4-13-12(11)16/h5-7,11,14H,2-4H2,1H3,(H,13,16). The second-order valence-corrected chi connectivity index (χ2v) is 4.31. The number of nitrogens with one attached hydrogen (secondary N) is 2. The van der Waals surface area contributed by atoms with Crippen molar-refractivity contribution in [1.29, 1.82) is 0 Å². The molecule has 7 heteroatoms. The first kappa shape index (κ1) is 13.1. The molecular weight excluding hydrogens is 250 g/mol. The van der Waals surface area contributed by atoms with Crippen LogP contribution in [0.4, 0.5) is 11.4 Å². The van der Waals surface area contributed by atoms with Crippen molar-refractivity contribution in [3.63, 3.8) is 0 Å². The van der Waals surface area contributed by atoms with Crippen LogP contribution in [0, 0.1) is 10.1 Å². The molecule has 0 aromatic heterocycles. The van der Waals surface area contributed by atoms with Crippen LogP contribution >= 0.6 is 0 Å². The van der Waals surface area contributed by atoms with Crippen LogP contribution in [0.1, 0.15) is 12.8 Å². The summed E-state index contributed by atoms with van der Waals surface area (Å²) in [4.78, 5) is 22.0. The van der Waals surface area contributed by atoms with Crippen molar-refractivity contribution < 1.29 is 14.5 Å². The highest BCUT2D eigenvalue weighted by atomic mass is 16.6. The molecule has 2 N–H and O–H groups in total. The molecule has 2 rings (SSSR count). The summed E-state index contributed by atoms with van der Waals surface area (Å²) in [5, 5.41) is 16.6. The van der Waals surface area contributed by atoms with Crippen LogP contribution in [-0.2, 0) is 4.79 Å². The molecule has 0 radical (unpaired) electrons. The summed E-state index contributed by atoms with van der Waals surface area (Å²) < 4.78 is 5.02. The SMILES string of the molecule is COc1cc(NC2CCCNC2=O)cc([N+](=O)[O-])c1. The van der Waals surface area contributed by atoms with Crippen molar-refractivity contribution in [1.82, 2.24) is 5.32 Å². The molecule has 1 amide bonds. The van der Waals surface area contributed by atoms with Crippen LogP contribution in [0.5, 0.6) is 5.75 Å². The van der Waals surface area contributed by atoms with Gasteiger partial charge in [0.05, 0.1) is 18.1 Å². The van der Waals surface area contributed by atoms with E-state index in [9.17, 15) is 14.9 Å². The average molecular weight is 265 g/mol. The topological polar surface area (TPSA) is 93.5 Å². The van der Waals surface area contributed by atoms with Gasteiger partial charge in [-0.3, -0.25) is 14.9 Å². The predicted octanol–water partition coefficient (Wildman–Crippen LogP) is 1.29. The molecule has 1 unspecified atom stereocenters. The van der Waals surface area contributed by atoms with Crippen molar-refractivity contribution in [3.05, 3.63) is 28.3 Å². The van der Waals surface area contributed by atoms with Gasteiger partial charge in [0.1, 0.15) is 11.8 Å². The zero-order valence-corrected chi connectivity index (χ0v) is 10.5. The zero-order chi connectivity index (χ0) is 13.8. The van der Waals surface area contributed by atoms with Crippen LogP contribution in [0.3, 0.4) is 0 Å². The Morgan fingerprint density at radius 3 is 2.89 bits per heavy atom. The summed E-state index contributed by atoms with van der Waals surface area (Å²) in [5.41, 5.74) is 0.436. The molecule has 19 heavy (non-hydrogen) atoms. The van der Waals surface area contributed by atoms with Crippen LogP contribution in [-0.4, -0.2) is 30.5 Å². The molecule has 1 saturated heterocycles. The zero-order valence-electron chi connectivity index (χ0n) is 10.5. The lowest BCUT2D eigenvalue weighted by Crippen LogP contribution is -2.44. The number of benzene rings is 1. The molecule has 1 aromatic carbocycles. The van der Waals surface area contributed by atoms with E-state index in [0.717, 1.165) is 6.42 Å². The molecule has 1 aromatic rings. The lowest BCUT2D eigenvalue weighted by Gasteiger charge is -2.23. The van der Waals surface area contributed by atoms with E-state index in [-0.39, 0.29) is 17.6 Å². The number of non-ortho nitro benzene ring substituents is 1. The van der Waals surface area contributed by atoms with E-state index in [1.165, 1.54) is 19.2 Å². The number of carbonyl (C=O) groups is 1. The molecule has 1 fully saturated rings. The molecule has 1 aliphatic heterocycles. The number of carbonyl (C=O) groups excluding carboxylic acids is 1. The highest BCUT2D eigenvalue weighted by molar-refractivity contribution is 5.85. The van der Waals surface area contributed by atoms with Gasteiger partial charge < -0.3 is 15.4 Å². The van der Waals surface area contributed by atoms with Gasteiger partial charge in [0.25, 0.3) is 5.69 Å². The van der Waals surface area contributed by atoms with Crippen LogP contribution in [0.15, 0.2) is 18.2 Å². The lowest BCUT2D eigenvalue weighted by molar-refractivity contribution is -0.384. The molecule has 1 heterocycles. The first-order chi connectivity index (χ1) is 9.10. The van der Waals surface area contributed by atoms with Gasteiger partial charge in [-0.05, 0) is 12.8 Å². The fraction of sp³-hybridized carbons (Fsp3) is 0.417. The molecule has 7 nitrogen and oxygen atoms in total. The van der Waals surface area contributed by atoms with Gasteiger partial charge in [-0.25, -0.2) is 0 Å². The maximum absolute atomic E-state index is 11.6. The minimum absolute atomic E-state index is 0.0712. The normalized spacial score (nSPS) is 18.6. The molecule has 0 aliphatic carbocycles. The Hall–Kier alpha value is -2.31. The maximum atomic E-state index is 11.6. The molecule has 102 valence electrons. The van der Waals surface area contributed by atoms with Crippen molar-refractivity contribution >= 4 is 17.3 Å². The van der Waals surface area contributed by atoms with E-state index in [4.69, 9.17) is 4.74 Å². The van der Waals surface area contributed by atoms with Gasteiger partial charge in [-0.1, -0.05) is 0 Å². The first-order valence-corrected chi connectivity index (χ1v) is 5.98. The van der Waals surface area contributed by atoms with Gasteiger partial charge in [-0.15, -0.1) is 0 Å². The number of rotatable bonds is 4. The van der Waals surface area contributed by atoms with Crippen molar-refractivity contribution in [2.75, 3.05) is 19.0 Å². The van der Waals surface area contributed by atoms with Gasteiger partial charge in [0.15, 0.2) is 0 Å². The third-order valence-electron chi connectivity index (χ3n) is 2.96. The molecule has 0 spiro atoms. The Balaban J connectivity index is 2.21. The van der Waals surface area contributed by atoms with E-state index in [1.54, 1.807) is 6.07 Å². The summed E-state index contributed by atoms with van der Waals surface area (Å²) in [6.45, 7) is 0.676. The second kappa shape index (κ2) is 5.55. The van der Waals surface area contributed by atoms with E-state index in [2.05, 4.69) is 10.6 Å². The molecule has 0 bridgehead atoms. The number of nitrogens with zero attached hydrogens (tertiary/aromatic N) is 1.